The molecular weight excluding hydrogens is 681 g/mol. The van der Waals surface area contributed by atoms with E-state index in [1.807, 2.05) is 30.3 Å². The van der Waals surface area contributed by atoms with Crippen molar-refractivity contribution in [2.24, 2.45) is 0 Å². The zero-order valence-corrected chi connectivity index (χ0v) is 30.4. The number of nitrogens with zero attached hydrogens (tertiary/aromatic N) is 2. The number of hydrogen-bond acceptors (Lipinski definition) is 3. The molecule has 262 valence electrons. The van der Waals surface area contributed by atoms with E-state index in [1.54, 1.807) is 0 Å². The van der Waals surface area contributed by atoms with Crippen molar-refractivity contribution in [2.75, 3.05) is 0 Å². The molecule has 10 aromatic rings. The van der Waals surface area contributed by atoms with E-state index in [4.69, 9.17) is 14.4 Å². The summed E-state index contributed by atoms with van der Waals surface area (Å²) < 4.78 is 6.14. The molecule has 0 atom stereocenters. The number of fused-ring (bicyclic) bond motifs is 6. The second-order valence-electron chi connectivity index (χ2n) is 14.5. The molecule has 56 heavy (non-hydrogen) atoms. The fourth-order valence-electron chi connectivity index (χ4n) is 8.83. The highest BCUT2D eigenvalue weighted by Crippen LogP contribution is 2.56. The van der Waals surface area contributed by atoms with E-state index in [0.717, 1.165) is 61.1 Å². The number of benzene rings is 8. The van der Waals surface area contributed by atoms with Gasteiger partial charge < -0.3 is 4.42 Å². The Kier molecular flexibility index (Phi) is 7.39. The summed E-state index contributed by atoms with van der Waals surface area (Å²) in [6, 6.07) is 73.4. The average molecular weight is 715 g/mol. The number of rotatable bonds is 6. The van der Waals surface area contributed by atoms with E-state index >= 15 is 0 Å². The molecule has 3 nitrogen and oxygen atoms in total. The highest BCUT2D eigenvalue weighted by Gasteiger charge is 2.46. The number of para-hydroxylation sites is 1. The maximum absolute atomic E-state index is 6.14. The van der Waals surface area contributed by atoms with Crippen molar-refractivity contribution in [3.8, 4) is 56.2 Å². The molecule has 11 rings (SSSR count). The van der Waals surface area contributed by atoms with Gasteiger partial charge in [-0.3, -0.25) is 0 Å². The number of furan rings is 1. The van der Waals surface area contributed by atoms with Crippen LogP contribution in [0, 0.1) is 0 Å². The monoisotopic (exact) mass is 714 g/mol. The van der Waals surface area contributed by atoms with Crippen molar-refractivity contribution < 1.29 is 4.42 Å². The summed E-state index contributed by atoms with van der Waals surface area (Å²) >= 11 is 0. The lowest BCUT2D eigenvalue weighted by Gasteiger charge is -2.34. The molecule has 3 heteroatoms. The molecule has 2 heterocycles. The predicted octanol–water partition coefficient (Wildman–Crippen LogP) is 13.4. The van der Waals surface area contributed by atoms with Gasteiger partial charge in [0.15, 0.2) is 5.82 Å². The maximum atomic E-state index is 6.14. The molecule has 2 aromatic heterocycles. The minimum absolute atomic E-state index is 0.502. The van der Waals surface area contributed by atoms with Gasteiger partial charge in [-0.15, -0.1) is 0 Å². The first-order chi connectivity index (χ1) is 27.7. The van der Waals surface area contributed by atoms with Crippen LogP contribution in [0.1, 0.15) is 22.3 Å². The molecule has 0 N–H and O–H groups in total. The van der Waals surface area contributed by atoms with Gasteiger partial charge in [-0.05, 0) is 80.9 Å². The summed E-state index contributed by atoms with van der Waals surface area (Å²) in [5, 5.41) is 2.23. The van der Waals surface area contributed by atoms with Crippen LogP contribution in [-0.4, -0.2) is 9.97 Å². The fraction of sp³-hybridized carbons (Fsp3) is 0.0189. The molecule has 1 aliphatic carbocycles. The Balaban J connectivity index is 1.10. The summed E-state index contributed by atoms with van der Waals surface area (Å²) in [6.45, 7) is 0. The zero-order chi connectivity index (χ0) is 37.1. The highest BCUT2D eigenvalue weighted by molar-refractivity contribution is 6.06. The van der Waals surface area contributed by atoms with Crippen molar-refractivity contribution >= 4 is 21.9 Å². The van der Waals surface area contributed by atoms with Gasteiger partial charge in [0.1, 0.15) is 11.2 Å². The first-order valence-corrected chi connectivity index (χ1v) is 19.1. The van der Waals surface area contributed by atoms with Crippen LogP contribution in [0.3, 0.4) is 0 Å². The molecule has 0 saturated heterocycles. The Labute approximate surface area is 325 Å². The molecule has 0 unspecified atom stereocenters. The predicted molar refractivity (Wildman–Crippen MR) is 228 cm³/mol. The molecule has 0 amide bonds. The summed E-state index contributed by atoms with van der Waals surface area (Å²) in [7, 11) is 0. The van der Waals surface area contributed by atoms with Crippen LogP contribution < -0.4 is 0 Å². The van der Waals surface area contributed by atoms with Gasteiger partial charge in [-0.1, -0.05) is 170 Å². The topological polar surface area (TPSA) is 38.9 Å². The fourth-order valence-corrected chi connectivity index (χ4v) is 8.83. The van der Waals surface area contributed by atoms with Crippen LogP contribution in [0.15, 0.2) is 211 Å². The SMILES string of the molecule is c1ccc(-c2nc(-c3cccc(-c4ccc5oc6ccccc6c5c4)c3)cc(-c3ccc4c(c3)C(c3ccccc3)(c3ccccc3)c3ccccc3-4)n2)cc1. The van der Waals surface area contributed by atoms with E-state index in [9.17, 15) is 0 Å². The van der Waals surface area contributed by atoms with Gasteiger partial charge in [-0.25, -0.2) is 9.97 Å². The van der Waals surface area contributed by atoms with Crippen molar-refractivity contribution in [1.29, 1.82) is 0 Å². The molecule has 0 bridgehead atoms. The van der Waals surface area contributed by atoms with Gasteiger partial charge in [0.25, 0.3) is 0 Å². The quantitative estimate of drug-likeness (QED) is 0.172. The third kappa shape index (κ3) is 5.05. The van der Waals surface area contributed by atoms with Crippen molar-refractivity contribution in [2.45, 2.75) is 5.41 Å². The molecular formula is C53H34N2O. The van der Waals surface area contributed by atoms with Crippen molar-refractivity contribution in [3.05, 3.63) is 229 Å². The molecule has 0 radical (unpaired) electrons. The first-order valence-electron chi connectivity index (χ1n) is 19.1. The molecule has 1 aliphatic rings. The molecule has 0 saturated carbocycles. The van der Waals surface area contributed by atoms with E-state index in [-0.39, 0.29) is 0 Å². The molecule has 0 aliphatic heterocycles. The molecule has 8 aromatic carbocycles. The molecule has 0 fully saturated rings. The largest absolute Gasteiger partial charge is 0.456 e. The smallest absolute Gasteiger partial charge is 0.160 e. The summed E-state index contributed by atoms with van der Waals surface area (Å²) in [4.78, 5) is 10.5. The number of hydrogen-bond donors (Lipinski definition) is 0. The van der Waals surface area contributed by atoms with Crippen LogP contribution >= 0.6 is 0 Å². The summed E-state index contributed by atoms with van der Waals surface area (Å²) in [5.41, 5.74) is 15.8. The van der Waals surface area contributed by atoms with Gasteiger partial charge >= 0.3 is 0 Å². The van der Waals surface area contributed by atoms with E-state index in [2.05, 4.69) is 176 Å². The van der Waals surface area contributed by atoms with E-state index < -0.39 is 5.41 Å². The van der Waals surface area contributed by atoms with Gasteiger partial charge in [-0.2, -0.15) is 0 Å². The van der Waals surface area contributed by atoms with Crippen LogP contribution in [-0.2, 0) is 5.41 Å². The summed E-state index contributed by atoms with van der Waals surface area (Å²) in [5.74, 6) is 0.691. The molecule has 0 spiro atoms. The third-order valence-electron chi connectivity index (χ3n) is 11.4. The summed E-state index contributed by atoms with van der Waals surface area (Å²) in [6.07, 6.45) is 0. The number of aromatic nitrogens is 2. The minimum Gasteiger partial charge on any atom is -0.456 e. The second kappa shape index (κ2) is 12.9. The van der Waals surface area contributed by atoms with Gasteiger partial charge in [0, 0.05) is 27.5 Å². The lowest BCUT2D eigenvalue weighted by Crippen LogP contribution is -2.28. The zero-order valence-electron chi connectivity index (χ0n) is 30.4. The van der Waals surface area contributed by atoms with Crippen LogP contribution in [0.25, 0.3) is 78.1 Å². The van der Waals surface area contributed by atoms with E-state index in [1.165, 1.54) is 33.4 Å². The Hall–Kier alpha value is -7.36. The lowest BCUT2D eigenvalue weighted by molar-refractivity contribution is 0.669. The average Bonchev–Trinajstić information content (AvgIpc) is 3.80. The lowest BCUT2D eigenvalue weighted by atomic mass is 9.67. The second-order valence-corrected chi connectivity index (χ2v) is 14.5. The van der Waals surface area contributed by atoms with Crippen molar-refractivity contribution in [3.63, 3.8) is 0 Å². The van der Waals surface area contributed by atoms with Crippen LogP contribution in [0.4, 0.5) is 0 Å². The van der Waals surface area contributed by atoms with Gasteiger partial charge in [0.2, 0.25) is 0 Å². The Morgan fingerprint density at radius 1 is 0.339 bits per heavy atom. The normalized spacial score (nSPS) is 12.8. The standard InChI is InChI=1S/C53H34N2O/c1-4-15-35(16-5-1)52-54-48(38-18-14-17-36(31-38)37-28-30-51-45(32-37)44-24-11-13-26-50(44)56-51)34-49(55-52)39-27-29-43-42-23-10-12-25-46(42)53(47(43)33-39,40-19-6-2-7-20-40)41-21-8-3-9-22-41/h1-34H. The Bertz CT molecular complexity index is 3040. The van der Waals surface area contributed by atoms with Crippen LogP contribution in [0.2, 0.25) is 0 Å². The minimum atomic E-state index is -0.502. The van der Waals surface area contributed by atoms with Crippen molar-refractivity contribution in [1.82, 2.24) is 9.97 Å². The Morgan fingerprint density at radius 2 is 0.893 bits per heavy atom. The van der Waals surface area contributed by atoms with Crippen LogP contribution in [0.5, 0.6) is 0 Å². The highest BCUT2D eigenvalue weighted by atomic mass is 16.3. The Morgan fingerprint density at radius 3 is 1.66 bits per heavy atom. The maximum Gasteiger partial charge on any atom is 0.160 e. The van der Waals surface area contributed by atoms with E-state index in [0.29, 0.717) is 5.82 Å². The third-order valence-corrected chi connectivity index (χ3v) is 11.4. The van der Waals surface area contributed by atoms with Gasteiger partial charge in [0.05, 0.1) is 16.8 Å². The first kappa shape index (κ1) is 32.1.